The second kappa shape index (κ2) is 8.43. The van der Waals surface area contributed by atoms with Gasteiger partial charge in [0.05, 0.1) is 12.2 Å². The number of Topliss-reactive ketones (excluding diaryl/α,β-unsaturated/α-hetero) is 1. The lowest BCUT2D eigenvalue weighted by molar-refractivity contribution is -0.406. The van der Waals surface area contributed by atoms with Crippen molar-refractivity contribution in [1.82, 2.24) is 0 Å². The van der Waals surface area contributed by atoms with Crippen molar-refractivity contribution in [1.29, 1.82) is 0 Å². The van der Waals surface area contributed by atoms with E-state index in [0.29, 0.717) is 12.0 Å². The molecule has 11 atom stereocenters. The van der Waals surface area contributed by atoms with Gasteiger partial charge < -0.3 is 34.3 Å². The number of unbranched alkanes of at least 4 members (excludes halogenated alkanes) is 3. The fourth-order valence-corrected chi connectivity index (χ4v) is 8.28. The Morgan fingerprint density at radius 2 is 1.97 bits per heavy atom. The minimum Gasteiger partial charge on any atom is -0.393 e. The molecule has 6 aliphatic rings. The Morgan fingerprint density at radius 1 is 1.21 bits per heavy atom. The van der Waals surface area contributed by atoms with E-state index in [2.05, 4.69) is 19.6 Å². The molecule has 3 bridgehead atoms. The second-order valence-electron chi connectivity index (χ2n) is 12.3. The summed E-state index contributed by atoms with van der Waals surface area (Å²) in [5, 5.41) is 34.1. The van der Waals surface area contributed by atoms with Crippen molar-refractivity contribution in [2.45, 2.75) is 106 Å². The average molecular weight is 529 g/mol. The van der Waals surface area contributed by atoms with Crippen LogP contribution < -0.4 is 0 Å². The molecule has 3 saturated heterocycles. The summed E-state index contributed by atoms with van der Waals surface area (Å²) < 4.78 is 26.3. The molecule has 38 heavy (non-hydrogen) atoms. The predicted molar refractivity (Wildman–Crippen MR) is 138 cm³/mol. The van der Waals surface area contributed by atoms with Crippen LogP contribution in [-0.4, -0.2) is 74.4 Å². The van der Waals surface area contributed by atoms with Gasteiger partial charge in [0.2, 0.25) is 0 Å². The van der Waals surface area contributed by atoms with Crippen LogP contribution in [0, 0.1) is 17.8 Å². The molecule has 0 aromatic rings. The van der Waals surface area contributed by atoms with Crippen LogP contribution in [0.2, 0.25) is 0 Å². The van der Waals surface area contributed by atoms with E-state index < -0.39 is 70.9 Å². The highest BCUT2D eigenvalue weighted by Gasteiger charge is 2.88. The Morgan fingerprint density at radius 3 is 2.66 bits per heavy atom. The monoisotopic (exact) mass is 528 g/mol. The van der Waals surface area contributed by atoms with Gasteiger partial charge in [-0.3, -0.25) is 4.79 Å². The van der Waals surface area contributed by atoms with Crippen LogP contribution in [0.5, 0.6) is 0 Å². The van der Waals surface area contributed by atoms with Crippen molar-refractivity contribution in [2.75, 3.05) is 6.61 Å². The molecule has 0 aromatic heterocycles. The Labute approximate surface area is 224 Å². The van der Waals surface area contributed by atoms with Crippen LogP contribution in [0.25, 0.3) is 0 Å². The molecule has 3 aliphatic carbocycles. The van der Waals surface area contributed by atoms with Crippen LogP contribution in [0.4, 0.5) is 0 Å². The summed E-state index contributed by atoms with van der Waals surface area (Å²) in [7, 11) is 0. The molecule has 0 radical (unpaired) electrons. The molecule has 5 fully saturated rings. The molecule has 3 aliphatic heterocycles. The first-order valence-corrected chi connectivity index (χ1v) is 14.0. The second-order valence-corrected chi connectivity index (χ2v) is 12.3. The zero-order valence-corrected chi connectivity index (χ0v) is 22.7. The van der Waals surface area contributed by atoms with Gasteiger partial charge >= 0.3 is 5.97 Å². The molecule has 2 saturated carbocycles. The van der Waals surface area contributed by atoms with E-state index in [1.54, 1.807) is 19.1 Å². The molecule has 0 amide bonds. The van der Waals surface area contributed by atoms with Crippen molar-refractivity contribution < 1.29 is 39.1 Å². The fourth-order valence-electron chi connectivity index (χ4n) is 8.28. The lowest BCUT2D eigenvalue weighted by Crippen LogP contribution is -2.72. The molecule has 8 heteroatoms. The number of carbonyl (C=O) groups is 1. The molecular formula is C30H40O8. The zero-order chi connectivity index (χ0) is 27.3. The summed E-state index contributed by atoms with van der Waals surface area (Å²) in [6, 6.07) is 0. The van der Waals surface area contributed by atoms with Gasteiger partial charge in [-0.1, -0.05) is 57.6 Å². The number of allylic oxidation sites excluding steroid dienone is 3. The summed E-state index contributed by atoms with van der Waals surface area (Å²) in [6.07, 6.45) is 11.4. The summed E-state index contributed by atoms with van der Waals surface area (Å²) >= 11 is 0. The van der Waals surface area contributed by atoms with E-state index in [-0.39, 0.29) is 5.92 Å². The molecular weight excluding hydrogens is 488 g/mol. The number of aliphatic hydroxyl groups is 3. The maximum absolute atomic E-state index is 13.5. The maximum Gasteiger partial charge on any atom is 0.306 e. The number of hydrogen-bond donors (Lipinski definition) is 3. The average Bonchev–Trinajstić information content (AvgIpc) is 3.52. The summed E-state index contributed by atoms with van der Waals surface area (Å²) in [5.74, 6) is -3.79. The van der Waals surface area contributed by atoms with Gasteiger partial charge in [0.15, 0.2) is 11.4 Å². The number of ether oxygens (including phenoxy) is 4. The third-order valence-electron chi connectivity index (χ3n) is 10.2. The van der Waals surface area contributed by atoms with E-state index in [9.17, 15) is 20.1 Å². The predicted octanol–water partition coefficient (Wildman–Crippen LogP) is 2.87. The molecule has 3 N–H and O–H groups in total. The smallest absolute Gasteiger partial charge is 0.306 e. The molecule has 1 unspecified atom stereocenters. The van der Waals surface area contributed by atoms with Gasteiger partial charge in [0.1, 0.15) is 29.5 Å². The first-order valence-electron chi connectivity index (χ1n) is 14.0. The molecule has 8 nitrogen and oxygen atoms in total. The summed E-state index contributed by atoms with van der Waals surface area (Å²) in [4.78, 5) is 13.5. The number of hydrogen-bond acceptors (Lipinski definition) is 8. The highest BCUT2D eigenvalue weighted by atomic mass is 16.9. The SMILES string of the molecule is C=C(C)[C@]12C[C@@H](C)[C@@]34OC(/C=C/C=C/CCCCC)(O[C@@H]1[C@@H]3[C@@H]1O[C@]1(CO)[C@@H](O)[C@]1(O)C(=O)C(C)=C[C@H]14)O2. The highest BCUT2D eigenvalue weighted by molar-refractivity contribution is 6.05. The zero-order valence-electron chi connectivity index (χ0n) is 22.7. The van der Waals surface area contributed by atoms with Gasteiger partial charge in [-0.2, -0.15) is 0 Å². The third kappa shape index (κ3) is 3.03. The minimum atomic E-state index is -2.21. The van der Waals surface area contributed by atoms with Crippen molar-refractivity contribution in [3.05, 3.63) is 48.1 Å². The maximum atomic E-state index is 13.5. The van der Waals surface area contributed by atoms with Crippen molar-refractivity contribution >= 4 is 5.78 Å². The number of fused-ring (bicyclic) bond motifs is 3. The Hall–Kier alpha value is -1.65. The molecule has 0 aromatic carbocycles. The minimum absolute atomic E-state index is 0.235. The highest BCUT2D eigenvalue weighted by Crippen LogP contribution is 2.72. The van der Waals surface area contributed by atoms with Crippen molar-refractivity contribution in [3.63, 3.8) is 0 Å². The molecule has 3 heterocycles. The van der Waals surface area contributed by atoms with Gasteiger partial charge in [0.25, 0.3) is 0 Å². The van der Waals surface area contributed by atoms with Crippen LogP contribution in [0.3, 0.4) is 0 Å². The lowest BCUT2D eigenvalue weighted by atomic mass is 9.54. The first-order chi connectivity index (χ1) is 18.0. The lowest BCUT2D eigenvalue weighted by Gasteiger charge is -2.59. The van der Waals surface area contributed by atoms with E-state index in [4.69, 9.17) is 18.9 Å². The molecule has 208 valence electrons. The van der Waals surface area contributed by atoms with Gasteiger partial charge in [-0.25, -0.2) is 0 Å². The van der Waals surface area contributed by atoms with E-state index in [1.165, 1.54) is 6.42 Å². The van der Waals surface area contributed by atoms with E-state index in [0.717, 1.165) is 24.8 Å². The quantitative estimate of drug-likeness (QED) is 0.191. The standard InChI is InChI=1S/C30H40O8/c1-6-7-8-9-10-11-12-13-28-36-23-21-24-27(16-31,35-24)25(33)29(34)20(14-18(4)22(29)32)30(21,38-28)19(5)15-26(23,37-28)17(2)3/h10-14,19-21,23-25,31,33-34H,2,6-9,15-16H2,1,3-5H3/b11-10+,13-12+/t19-,20-,21-,23-,24+,25-,26-,27+,28?,29-,30+/m1/s1. The Kier molecular flexibility index (Phi) is 5.89. The van der Waals surface area contributed by atoms with Crippen LogP contribution in [0.15, 0.2) is 48.1 Å². The Bertz CT molecular complexity index is 1140. The topological polar surface area (TPSA) is 118 Å². The summed E-state index contributed by atoms with van der Waals surface area (Å²) in [6.45, 7) is 11.5. The van der Waals surface area contributed by atoms with Crippen LogP contribution in [-0.2, 0) is 23.7 Å². The largest absolute Gasteiger partial charge is 0.393 e. The summed E-state index contributed by atoms with van der Waals surface area (Å²) in [5.41, 5.74) is -4.66. The number of rotatable bonds is 8. The van der Waals surface area contributed by atoms with E-state index in [1.807, 2.05) is 26.0 Å². The van der Waals surface area contributed by atoms with Gasteiger partial charge in [0, 0.05) is 17.9 Å². The van der Waals surface area contributed by atoms with Gasteiger partial charge in [-0.05, 0) is 50.2 Å². The Balaban J connectivity index is 1.48. The molecule has 0 spiro atoms. The number of carbonyl (C=O) groups excluding carboxylic acids is 1. The first kappa shape index (κ1) is 26.6. The normalized spacial score (nSPS) is 52.2. The van der Waals surface area contributed by atoms with Crippen LogP contribution >= 0.6 is 0 Å². The van der Waals surface area contributed by atoms with Crippen molar-refractivity contribution in [2.24, 2.45) is 17.8 Å². The molecule has 6 rings (SSSR count). The number of aliphatic hydroxyl groups excluding tert-OH is 2. The fraction of sp³-hybridized carbons (Fsp3) is 0.700. The number of epoxide rings is 1. The number of ketones is 1. The van der Waals surface area contributed by atoms with E-state index >= 15 is 0 Å². The van der Waals surface area contributed by atoms with Crippen LogP contribution in [0.1, 0.15) is 59.8 Å². The van der Waals surface area contributed by atoms with Gasteiger partial charge in [-0.15, -0.1) is 0 Å². The third-order valence-corrected chi connectivity index (χ3v) is 10.2. The van der Waals surface area contributed by atoms with Crippen molar-refractivity contribution in [3.8, 4) is 0 Å².